The Balaban J connectivity index is 1.04. The smallest absolute Gasteiger partial charge is 0.0726 e. The standard InChI is InChI=1S/C69H43N/c1-2-21-44(22-3-1)70(65-40-20-39-63-66(65)52-29-10-17-36-59(52)67(63)53-30-11-4-23-46(53)47-24-5-12-31-54(47)67)45-41-42-62-64(43-45)69(57-34-15-8-27-50(57)51-28-9-16-35-58(51)69)61-38-19-18-37-60(61)68(62)55-32-13-6-25-48(55)49-26-7-14-33-56(49)68/h1-43H. The lowest BCUT2D eigenvalue weighted by atomic mass is 9.52. The molecule has 3 spiro atoms. The van der Waals surface area contributed by atoms with Gasteiger partial charge in [0.15, 0.2) is 0 Å². The van der Waals surface area contributed by atoms with Gasteiger partial charge in [0.2, 0.25) is 0 Å². The molecule has 0 aliphatic heterocycles. The van der Waals surface area contributed by atoms with Crippen LogP contribution in [0.4, 0.5) is 17.1 Å². The lowest BCUT2D eigenvalue weighted by Gasteiger charge is -2.49. The molecule has 0 N–H and O–H groups in total. The molecule has 1 nitrogen and oxygen atoms in total. The fourth-order valence-corrected chi connectivity index (χ4v) is 14.7. The Kier molecular flexibility index (Phi) is 7.47. The molecule has 0 fully saturated rings. The van der Waals surface area contributed by atoms with Crippen molar-refractivity contribution in [3.63, 3.8) is 0 Å². The molecule has 0 saturated heterocycles. The summed E-state index contributed by atoms with van der Waals surface area (Å²) in [4.78, 5) is 2.56. The molecule has 0 amide bonds. The van der Waals surface area contributed by atoms with Gasteiger partial charge in [-0.2, -0.15) is 0 Å². The number of hydrogen-bond donors (Lipinski definition) is 0. The van der Waals surface area contributed by atoms with Gasteiger partial charge in [-0.1, -0.05) is 231 Å². The highest BCUT2D eigenvalue weighted by Gasteiger charge is 2.59. The molecule has 0 aromatic heterocycles. The van der Waals surface area contributed by atoms with Crippen LogP contribution >= 0.6 is 0 Å². The van der Waals surface area contributed by atoms with Gasteiger partial charge in [-0.05, 0) is 136 Å². The van der Waals surface area contributed by atoms with Crippen LogP contribution in [0, 0.1) is 0 Å². The molecule has 0 atom stereocenters. The number of fused-ring (bicyclic) bond motifs is 26. The summed E-state index contributed by atoms with van der Waals surface area (Å²) in [5, 5.41) is 0. The Morgan fingerprint density at radius 3 is 0.957 bits per heavy atom. The summed E-state index contributed by atoms with van der Waals surface area (Å²) in [6, 6.07) is 99.3. The lowest BCUT2D eigenvalue weighted by Crippen LogP contribution is -2.43. The fourth-order valence-electron chi connectivity index (χ4n) is 14.7. The molecule has 0 radical (unpaired) electrons. The van der Waals surface area contributed by atoms with E-state index in [0.29, 0.717) is 0 Å². The summed E-state index contributed by atoms with van der Waals surface area (Å²) < 4.78 is 0. The number of nitrogens with zero attached hydrogens (tertiary/aromatic N) is 1. The van der Waals surface area contributed by atoms with E-state index in [1.165, 1.54) is 117 Å². The van der Waals surface area contributed by atoms with E-state index in [-0.39, 0.29) is 0 Å². The third-order valence-corrected chi connectivity index (χ3v) is 17.0. The summed E-state index contributed by atoms with van der Waals surface area (Å²) in [6.07, 6.45) is 0. The number of para-hydroxylation sites is 1. The third-order valence-electron chi connectivity index (χ3n) is 17.0. The monoisotopic (exact) mass is 885 g/mol. The largest absolute Gasteiger partial charge is 0.310 e. The van der Waals surface area contributed by atoms with Crippen LogP contribution in [-0.4, -0.2) is 0 Å². The topological polar surface area (TPSA) is 3.24 Å². The van der Waals surface area contributed by atoms with Crippen LogP contribution < -0.4 is 4.90 Å². The van der Waals surface area contributed by atoms with E-state index in [1.54, 1.807) is 0 Å². The highest BCUT2D eigenvalue weighted by Crippen LogP contribution is 2.69. The highest BCUT2D eigenvalue weighted by molar-refractivity contribution is 6.02. The van der Waals surface area contributed by atoms with E-state index in [0.717, 1.165) is 11.4 Å². The molecular weight excluding hydrogens is 843 g/mol. The molecule has 324 valence electrons. The minimum Gasteiger partial charge on any atom is -0.310 e. The predicted octanol–water partition coefficient (Wildman–Crippen LogP) is 16.5. The highest BCUT2D eigenvalue weighted by atomic mass is 15.1. The van der Waals surface area contributed by atoms with Crippen LogP contribution in [0.3, 0.4) is 0 Å². The van der Waals surface area contributed by atoms with Gasteiger partial charge in [0.1, 0.15) is 0 Å². The SMILES string of the molecule is c1ccc(N(c2ccc3c(c2)C2(c4ccccc4-c4ccccc42)c2ccccc2C32c3ccccc3-c3ccccc32)c2cccc3c2-c2ccccc2C32c3ccccc3-c3ccccc32)cc1. The first kappa shape index (κ1) is 38.2. The van der Waals surface area contributed by atoms with E-state index >= 15 is 0 Å². The van der Waals surface area contributed by atoms with E-state index < -0.39 is 16.2 Å². The third kappa shape index (κ3) is 4.37. The molecule has 5 aliphatic carbocycles. The van der Waals surface area contributed by atoms with Crippen molar-refractivity contribution in [2.45, 2.75) is 16.2 Å². The van der Waals surface area contributed by atoms with Crippen LogP contribution in [0.5, 0.6) is 0 Å². The Labute approximate surface area is 408 Å². The normalized spacial score (nSPS) is 15.2. The average molecular weight is 886 g/mol. The van der Waals surface area contributed by atoms with Gasteiger partial charge in [0.05, 0.1) is 21.9 Å². The molecule has 0 bridgehead atoms. The molecule has 16 rings (SSSR count). The van der Waals surface area contributed by atoms with E-state index in [1.807, 2.05) is 0 Å². The van der Waals surface area contributed by atoms with Crippen molar-refractivity contribution in [2.24, 2.45) is 0 Å². The first-order valence-corrected chi connectivity index (χ1v) is 24.7. The summed E-state index contributed by atoms with van der Waals surface area (Å²) in [7, 11) is 0. The Morgan fingerprint density at radius 2 is 0.514 bits per heavy atom. The van der Waals surface area contributed by atoms with Gasteiger partial charge in [0, 0.05) is 16.9 Å². The van der Waals surface area contributed by atoms with E-state index in [4.69, 9.17) is 0 Å². The zero-order valence-corrected chi connectivity index (χ0v) is 38.3. The van der Waals surface area contributed by atoms with Crippen molar-refractivity contribution in [2.75, 3.05) is 4.90 Å². The van der Waals surface area contributed by atoms with Gasteiger partial charge in [-0.25, -0.2) is 0 Å². The maximum atomic E-state index is 2.60. The summed E-state index contributed by atoms with van der Waals surface area (Å²) in [6.45, 7) is 0. The molecule has 0 heterocycles. The van der Waals surface area contributed by atoms with E-state index in [9.17, 15) is 0 Å². The number of anilines is 3. The van der Waals surface area contributed by atoms with Gasteiger partial charge in [-0.3, -0.25) is 0 Å². The summed E-state index contributed by atoms with van der Waals surface area (Å²) >= 11 is 0. The van der Waals surface area contributed by atoms with Gasteiger partial charge < -0.3 is 4.90 Å². The average Bonchev–Trinajstić information content (AvgIpc) is 4.11. The predicted molar refractivity (Wildman–Crippen MR) is 286 cm³/mol. The van der Waals surface area contributed by atoms with Crippen LogP contribution in [0.25, 0.3) is 44.5 Å². The van der Waals surface area contributed by atoms with Crippen molar-refractivity contribution in [3.8, 4) is 44.5 Å². The molecule has 11 aromatic carbocycles. The second-order valence-electron chi connectivity index (χ2n) is 19.7. The Bertz CT molecular complexity index is 3900. The second-order valence-corrected chi connectivity index (χ2v) is 19.7. The summed E-state index contributed by atoms with van der Waals surface area (Å²) in [5.41, 5.74) is 28.2. The molecule has 0 saturated carbocycles. The van der Waals surface area contributed by atoms with Crippen molar-refractivity contribution in [1.82, 2.24) is 0 Å². The quantitative estimate of drug-likeness (QED) is 0.171. The Hall–Kier alpha value is -8.78. The van der Waals surface area contributed by atoms with E-state index in [2.05, 4.69) is 266 Å². The molecular formula is C69H43N. The number of rotatable bonds is 3. The van der Waals surface area contributed by atoms with Crippen molar-refractivity contribution < 1.29 is 0 Å². The fraction of sp³-hybridized carbons (Fsp3) is 0.0435. The van der Waals surface area contributed by atoms with Crippen molar-refractivity contribution in [1.29, 1.82) is 0 Å². The lowest BCUT2D eigenvalue weighted by molar-refractivity contribution is 0.633. The second kappa shape index (κ2) is 13.7. The van der Waals surface area contributed by atoms with Gasteiger partial charge >= 0.3 is 0 Å². The summed E-state index contributed by atoms with van der Waals surface area (Å²) in [5.74, 6) is 0. The number of benzene rings is 11. The van der Waals surface area contributed by atoms with Crippen LogP contribution in [0.1, 0.15) is 66.8 Å². The zero-order chi connectivity index (χ0) is 45.8. The molecule has 0 unspecified atom stereocenters. The zero-order valence-electron chi connectivity index (χ0n) is 38.3. The van der Waals surface area contributed by atoms with Gasteiger partial charge in [0.25, 0.3) is 0 Å². The molecule has 1 heteroatoms. The maximum absolute atomic E-state index is 2.60. The first-order valence-electron chi connectivity index (χ1n) is 24.7. The molecule has 11 aromatic rings. The van der Waals surface area contributed by atoms with Crippen molar-refractivity contribution in [3.05, 3.63) is 328 Å². The first-order chi connectivity index (χ1) is 34.8. The number of hydrogen-bond acceptors (Lipinski definition) is 1. The van der Waals surface area contributed by atoms with Crippen LogP contribution in [0.15, 0.2) is 261 Å². The van der Waals surface area contributed by atoms with Crippen LogP contribution in [-0.2, 0) is 16.2 Å². The molecule has 70 heavy (non-hydrogen) atoms. The Morgan fingerprint density at radius 1 is 0.200 bits per heavy atom. The maximum Gasteiger partial charge on any atom is 0.0726 e. The van der Waals surface area contributed by atoms with Crippen molar-refractivity contribution >= 4 is 17.1 Å². The minimum atomic E-state index is -0.609. The van der Waals surface area contributed by atoms with Gasteiger partial charge in [-0.15, -0.1) is 0 Å². The molecule has 5 aliphatic rings. The minimum absolute atomic E-state index is 0.464. The van der Waals surface area contributed by atoms with Crippen LogP contribution in [0.2, 0.25) is 0 Å².